The highest BCUT2D eigenvalue weighted by Gasteiger charge is 2.35. The first-order valence-corrected chi connectivity index (χ1v) is 23.4. The van der Waals surface area contributed by atoms with E-state index in [0.29, 0.717) is 36.1 Å². The number of hydrazine groups is 1. The summed E-state index contributed by atoms with van der Waals surface area (Å²) in [4.78, 5) is 47.8. The second-order valence-electron chi connectivity index (χ2n) is 16.7. The second kappa shape index (κ2) is 17.3. The highest BCUT2D eigenvalue weighted by molar-refractivity contribution is 5.96. The van der Waals surface area contributed by atoms with Gasteiger partial charge in [-0.2, -0.15) is 4.57 Å². The molecular formula is C56H51N10O2+. The van der Waals surface area contributed by atoms with Gasteiger partial charge in [-0.25, -0.2) is 14.7 Å². The number of nitrogens with one attached hydrogen (secondary N) is 3. The van der Waals surface area contributed by atoms with E-state index in [4.69, 9.17) is 4.98 Å². The zero-order chi connectivity index (χ0) is 46.5. The van der Waals surface area contributed by atoms with E-state index >= 15 is 0 Å². The van der Waals surface area contributed by atoms with E-state index in [-0.39, 0.29) is 27.5 Å². The van der Waals surface area contributed by atoms with Crippen molar-refractivity contribution in [3.05, 3.63) is 200 Å². The normalized spacial score (nSPS) is 14.9. The number of hydrogen-bond acceptors (Lipinski definition) is 6. The maximum atomic E-state index is 15.0. The van der Waals surface area contributed by atoms with Crippen LogP contribution in [0.3, 0.4) is 0 Å². The number of aryl methyl sites for hydroxylation is 1. The summed E-state index contributed by atoms with van der Waals surface area (Å²) in [6, 6.07) is 41.1. The highest BCUT2D eigenvalue weighted by atomic mass is 16.1. The Morgan fingerprint density at radius 1 is 0.632 bits per heavy atom. The molecule has 0 unspecified atom stereocenters. The van der Waals surface area contributed by atoms with E-state index < -0.39 is 5.43 Å². The topological polar surface area (TPSA) is 118 Å². The number of para-hydroxylation sites is 4. The van der Waals surface area contributed by atoms with Crippen molar-refractivity contribution in [1.29, 1.82) is 0 Å². The summed E-state index contributed by atoms with van der Waals surface area (Å²) in [5.41, 5.74) is 10.0. The molecule has 0 bridgehead atoms. The number of pyridine rings is 1. The number of benzene rings is 5. The van der Waals surface area contributed by atoms with Crippen molar-refractivity contribution in [3.8, 4) is 17.2 Å². The van der Waals surface area contributed by atoms with Crippen LogP contribution in [-0.4, -0.2) is 47.4 Å². The monoisotopic (exact) mass is 895 g/mol. The molecule has 7 aromatic rings. The van der Waals surface area contributed by atoms with Gasteiger partial charge in [-0.15, -0.1) is 0 Å². The van der Waals surface area contributed by atoms with E-state index in [9.17, 15) is 9.59 Å². The average molecular weight is 896 g/mol. The summed E-state index contributed by atoms with van der Waals surface area (Å²) in [5, 5.41) is 5.38. The van der Waals surface area contributed by atoms with Crippen LogP contribution in [0.5, 0.6) is 0 Å². The standard InChI is InChI=1S/C56H50N10O2/c1-5-61-39(35-33-37-21-15-17-29-43(37)61)27-19-31-45-47-55(65(63(45)7-3)41-23-11-9-12-24-41)59-51-49(57-47)53(67)52-50(54(51)68)58-48-46(64(8-4)66(56(48)60-52)42-25-13-10-14-26-42)32-20-28-40-36-34-38-22-16-18-30-44(38)62(40)6-2/h9-36H,5-8H2,1-4H3,(H2,57,58,67,68)/p+1. The first-order chi connectivity index (χ1) is 33.4. The minimum Gasteiger partial charge on any atom is -0.346 e. The van der Waals surface area contributed by atoms with E-state index in [2.05, 4.69) is 158 Å². The third-order valence-electron chi connectivity index (χ3n) is 13.0. The summed E-state index contributed by atoms with van der Waals surface area (Å²) in [7, 11) is 0. The number of aromatic nitrogens is 7. The molecule has 3 N–H and O–H groups in total. The van der Waals surface area contributed by atoms with Crippen molar-refractivity contribution in [2.45, 2.75) is 40.8 Å². The molecule has 0 aliphatic carbocycles. The number of aromatic amines is 3. The molecule has 12 nitrogen and oxygen atoms in total. The summed E-state index contributed by atoms with van der Waals surface area (Å²) in [5.74, 6) is 1.16. The highest BCUT2D eigenvalue weighted by Crippen LogP contribution is 2.42. The van der Waals surface area contributed by atoms with Gasteiger partial charge < -0.3 is 19.9 Å². The van der Waals surface area contributed by atoms with Gasteiger partial charge in [0, 0.05) is 54.6 Å². The number of rotatable bonds is 10. The predicted octanol–water partition coefficient (Wildman–Crippen LogP) is 10.7. The average Bonchev–Trinajstić information content (AvgIpc) is 3.87. The van der Waals surface area contributed by atoms with Crippen LogP contribution < -0.4 is 25.3 Å². The summed E-state index contributed by atoms with van der Waals surface area (Å²) in [6.07, 6.45) is 16.7. The molecule has 0 atom stereocenters. The smallest absolute Gasteiger partial charge is 0.232 e. The van der Waals surface area contributed by atoms with Crippen molar-refractivity contribution in [1.82, 2.24) is 34.3 Å². The fourth-order valence-corrected chi connectivity index (χ4v) is 9.91. The Balaban J connectivity index is 1.10. The Labute approximate surface area is 393 Å². The Morgan fingerprint density at radius 2 is 1.34 bits per heavy atom. The number of likely N-dealkylation sites (N-methyl/N-ethyl adjacent to an activating group) is 1. The molecule has 0 radical (unpaired) electrons. The number of anilines is 3. The lowest BCUT2D eigenvalue weighted by molar-refractivity contribution is -0.669. The number of hydrogen-bond donors (Lipinski definition) is 3. The quantitative estimate of drug-likeness (QED) is 0.0930. The Bertz CT molecular complexity index is 3690. The SMILES string of the molecule is CCN1C(=CC=Cc2c3[nH]c4c(=O)c5[nH]c6c([nH]c5c(=O)c4nc-3n(-c3ccccc3)n2CC)C(=CC=Cc2ccc3ccccc3[n+]2CC)N(CC)N6c2ccccc2)C=Cc2ccccc21. The van der Waals surface area contributed by atoms with E-state index in [1.54, 1.807) is 0 Å². The van der Waals surface area contributed by atoms with Gasteiger partial charge in [0.25, 0.3) is 0 Å². The summed E-state index contributed by atoms with van der Waals surface area (Å²) < 4.78 is 6.42. The number of H-pyrrole nitrogens is 3. The van der Waals surface area contributed by atoms with Gasteiger partial charge >= 0.3 is 0 Å². The minimum absolute atomic E-state index is 0.0517. The van der Waals surface area contributed by atoms with E-state index in [1.807, 2.05) is 83.6 Å². The van der Waals surface area contributed by atoms with Gasteiger partial charge in [-0.1, -0.05) is 85.0 Å². The molecule has 4 aliphatic rings. The van der Waals surface area contributed by atoms with Crippen LogP contribution in [0.1, 0.15) is 50.3 Å². The molecule has 68 heavy (non-hydrogen) atoms. The summed E-state index contributed by atoms with van der Waals surface area (Å²) in [6.45, 7) is 11.3. The lowest BCUT2D eigenvalue weighted by Crippen LogP contribution is -2.36. The van der Waals surface area contributed by atoms with Crippen LogP contribution >= 0.6 is 0 Å². The molecule has 12 heteroatoms. The van der Waals surface area contributed by atoms with Gasteiger partial charge in [0.15, 0.2) is 11.6 Å². The first kappa shape index (κ1) is 42.0. The number of allylic oxidation sites excluding steroid dienone is 5. The van der Waals surface area contributed by atoms with Gasteiger partial charge in [0.2, 0.25) is 22.1 Å². The maximum absolute atomic E-state index is 15.0. The van der Waals surface area contributed by atoms with Crippen LogP contribution in [0.2, 0.25) is 0 Å². The van der Waals surface area contributed by atoms with Crippen molar-refractivity contribution in [3.63, 3.8) is 0 Å². The molecule has 2 aromatic heterocycles. The van der Waals surface area contributed by atoms with Crippen molar-refractivity contribution in [2.75, 3.05) is 23.0 Å². The molecule has 0 spiro atoms. The van der Waals surface area contributed by atoms with Crippen LogP contribution in [0.25, 0.3) is 74.1 Å². The molecule has 0 saturated heterocycles. The maximum Gasteiger partial charge on any atom is 0.232 e. The van der Waals surface area contributed by atoms with Crippen LogP contribution in [0, 0.1) is 0 Å². The predicted molar refractivity (Wildman–Crippen MR) is 277 cm³/mol. The molecule has 0 fully saturated rings. The Hall–Kier alpha value is -8.64. The van der Waals surface area contributed by atoms with Gasteiger partial charge in [-0.3, -0.25) is 19.3 Å². The van der Waals surface area contributed by atoms with Crippen LogP contribution in [0.4, 0.5) is 17.2 Å². The second-order valence-corrected chi connectivity index (χ2v) is 16.7. The molecular weight excluding hydrogens is 845 g/mol. The third kappa shape index (κ3) is 6.83. The third-order valence-corrected chi connectivity index (χ3v) is 13.0. The molecule has 5 aromatic carbocycles. The number of nitrogens with zero attached hydrogens (tertiary/aromatic N) is 7. The Kier molecular flexibility index (Phi) is 10.7. The minimum atomic E-state index is -0.391. The summed E-state index contributed by atoms with van der Waals surface area (Å²) >= 11 is 0. The first-order valence-electron chi connectivity index (χ1n) is 23.4. The van der Waals surface area contributed by atoms with Gasteiger partial charge in [-0.05, 0) is 100 Å². The molecule has 0 amide bonds. The fourth-order valence-electron chi connectivity index (χ4n) is 9.91. The lowest BCUT2D eigenvalue weighted by Gasteiger charge is -2.30. The largest absolute Gasteiger partial charge is 0.346 e. The zero-order valence-electron chi connectivity index (χ0n) is 38.4. The zero-order valence-corrected chi connectivity index (χ0v) is 38.4. The Morgan fingerprint density at radius 3 is 2.10 bits per heavy atom. The number of fused-ring (bicyclic) bond motifs is 6. The van der Waals surface area contributed by atoms with E-state index in [0.717, 1.165) is 58.5 Å². The molecule has 6 heterocycles. The van der Waals surface area contributed by atoms with Crippen LogP contribution in [-0.2, 0) is 13.1 Å². The lowest BCUT2D eigenvalue weighted by atomic mass is 10.1. The molecule has 4 aliphatic heterocycles. The van der Waals surface area contributed by atoms with Crippen molar-refractivity contribution in [2.24, 2.45) is 0 Å². The van der Waals surface area contributed by atoms with Crippen LogP contribution in [0.15, 0.2) is 167 Å². The van der Waals surface area contributed by atoms with E-state index in [1.165, 1.54) is 10.9 Å². The van der Waals surface area contributed by atoms with Gasteiger partial charge in [0.1, 0.15) is 40.0 Å². The molecule has 0 saturated carbocycles. The molecule has 11 rings (SSSR count). The van der Waals surface area contributed by atoms with Crippen molar-refractivity contribution >= 4 is 74.1 Å². The fraction of sp³-hybridized carbons (Fsp3) is 0.143. The molecule has 336 valence electrons. The van der Waals surface area contributed by atoms with Crippen molar-refractivity contribution < 1.29 is 4.57 Å². The van der Waals surface area contributed by atoms with Gasteiger partial charge in [0.05, 0.1) is 22.8 Å².